The smallest absolute Gasteiger partial charge is 0.236 e. The number of rotatable bonds is 6. The molecule has 4 rings (SSSR count). The third-order valence-electron chi connectivity index (χ3n) is 5.05. The Labute approximate surface area is 159 Å². The molecule has 1 aliphatic rings. The number of aromatic nitrogens is 2. The Morgan fingerprint density at radius 1 is 1.07 bits per heavy atom. The average Bonchev–Trinajstić information content (AvgIpc) is 3.04. The molecule has 1 heterocycles. The van der Waals surface area contributed by atoms with Crippen molar-refractivity contribution in [3.63, 3.8) is 0 Å². The van der Waals surface area contributed by atoms with Gasteiger partial charge in [0.15, 0.2) is 0 Å². The molecule has 0 atom stereocenters. The fraction of sp³-hybridized carbons (Fsp3) is 0.286. The van der Waals surface area contributed by atoms with E-state index in [1.807, 2.05) is 42.5 Å². The van der Waals surface area contributed by atoms with Crippen LogP contribution in [0.4, 0.5) is 0 Å². The highest BCUT2D eigenvalue weighted by Crippen LogP contribution is 2.26. The van der Waals surface area contributed by atoms with Crippen molar-refractivity contribution in [2.45, 2.75) is 32.7 Å². The molecule has 0 aliphatic heterocycles. The average molecular weight is 382 g/mol. The summed E-state index contributed by atoms with van der Waals surface area (Å²) in [5.41, 5.74) is 4.23. The Hall–Kier alpha value is -2.44. The number of allylic oxidation sites excluding steroid dienone is 1. The van der Waals surface area contributed by atoms with Crippen LogP contribution in [0, 0.1) is 0 Å². The second-order valence-electron chi connectivity index (χ2n) is 6.72. The Morgan fingerprint density at radius 3 is 2.70 bits per heavy atom. The van der Waals surface area contributed by atoms with Gasteiger partial charge in [-0.15, -0.1) is 0 Å². The lowest BCUT2D eigenvalue weighted by Crippen LogP contribution is -2.28. The highest BCUT2D eigenvalue weighted by atomic mass is 32.2. The van der Waals surface area contributed by atoms with E-state index in [1.165, 1.54) is 5.56 Å². The van der Waals surface area contributed by atoms with E-state index in [4.69, 9.17) is 0 Å². The molecule has 3 aromatic rings. The summed E-state index contributed by atoms with van der Waals surface area (Å²) in [4.78, 5) is 5.12. The molecule has 0 spiro atoms. The summed E-state index contributed by atoms with van der Waals surface area (Å²) in [6.07, 6.45) is 3.66. The van der Waals surface area contributed by atoms with Crippen LogP contribution < -0.4 is 4.72 Å². The van der Waals surface area contributed by atoms with Gasteiger partial charge in [-0.2, -0.15) is 0 Å². The largest absolute Gasteiger partial charge is 0.328 e. The van der Waals surface area contributed by atoms with Crippen molar-refractivity contribution in [1.29, 1.82) is 0 Å². The van der Waals surface area contributed by atoms with Crippen molar-refractivity contribution in [3.05, 3.63) is 70.4 Å². The lowest BCUT2D eigenvalue weighted by atomic mass is 9.98. The Balaban J connectivity index is 1.49. The third kappa shape index (κ3) is 3.55. The van der Waals surface area contributed by atoms with Crippen LogP contribution in [0.5, 0.6) is 0 Å². The van der Waals surface area contributed by atoms with Gasteiger partial charge in [-0.3, -0.25) is 0 Å². The number of hydrogen-bond donors (Lipinski definition) is 1. The van der Waals surface area contributed by atoms with Gasteiger partial charge in [-0.25, -0.2) is 18.1 Å². The monoisotopic (exact) mass is 381 g/mol. The van der Waals surface area contributed by atoms with Gasteiger partial charge in [0, 0.05) is 19.5 Å². The van der Waals surface area contributed by atoms with Gasteiger partial charge in [0.05, 0.1) is 15.9 Å². The van der Waals surface area contributed by atoms with Crippen LogP contribution in [0.3, 0.4) is 0 Å². The standard InChI is InChI=1S/C21H23N3O2S/c1-2-24-20-10-6-5-9-19(20)23-21(24)13-14-22-27(25,26)18-12-11-16-7-3-4-8-17(16)15-18/h3-10,15,22H,2,11-14H2,1H3. The van der Waals surface area contributed by atoms with Crippen molar-refractivity contribution in [2.75, 3.05) is 6.54 Å². The SMILES string of the molecule is CCn1c(CCNS(=O)(=O)C2=Cc3ccccc3CC2)nc2ccccc21. The topological polar surface area (TPSA) is 64.0 Å². The van der Waals surface area contributed by atoms with E-state index in [0.717, 1.165) is 35.4 Å². The van der Waals surface area contributed by atoms with Crippen LogP contribution in [0.15, 0.2) is 53.4 Å². The van der Waals surface area contributed by atoms with Crippen LogP contribution in [0.25, 0.3) is 17.1 Å². The highest BCUT2D eigenvalue weighted by Gasteiger charge is 2.21. The molecule has 5 nitrogen and oxygen atoms in total. The van der Waals surface area contributed by atoms with Crippen LogP contribution in [-0.2, 0) is 29.4 Å². The summed E-state index contributed by atoms with van der Waals surface area (Å²) < 4.78 is 30.3. The maximum atomic E-state index is 12.7. The van der Waals surface area contributed by atoms with Gasteiger partial charge in [-0.05, 0) is 49.1 Å². The minimum atomic E-state index is -3.47. The molecule has 1 aliphatic carbocycles. The highest BCUT2D eigenvalue weighted by molar-refractivity contribution is 7.93. The van der Waals surface area contributed by atoms with E-state index in [0.29, 0.717) is 24.3 Å². The quantitative estimate of drug-likeness (QED) is 0.711. The van der Waals surface area contributed by atoms with E-state index in [-0.39, 0.29) is 0 Å². The minimum absolute atomic E-state index is 0.338. The van der Waals surface area contributed by atoms with E-state index < -0.39 is 10.0 Å². The minimum Gasteiger partial charge on any atom is -0.328 e. The zero-order valence-corrected chi connectivity index (χ0v) is 16.2. The molecule has 0 fully saturated rings. The van der Waals surface area contributed by atoms with Crippen LogP contribution in [-0.4, -0.2) is 24.5 Å². The molecule has 0 amide bonds. The number of hydrogen-bond acceptors (Lipinski definition) is 3. The molecule has 0 saturated heterocycles. The summed E-state index contributed by atoms with van der Waals surface area (Å²) in [6.45, 7) is 3.22. The molecule has 1 N–H and O–H groups in total. The molecule has 140 valence electrons. The fourth-order valence-corrected chi connectivity index (χ4v) is 4.89. The maximum absolute atomic E-state index is 12.7. The van der Waals surface area contributed by atoms with Crippen molar-refractivity contribution >= 4 is 27.1 Å². The Morgan fingerprint density at radius 2 is 1.85 bits per heavy atom. The predicted molar refractivity (Wildman–Crippen MR) is 109 cm³/mol. The van der Waals surface area contributed by atoms with Crippen LogP contribution in [0.1, 0.15) is 30.3 Å². The maximum Gasteiger partial charge on any atom is 0.236 e. The van der Waals surface area contributed by atoms with E-state index in [9.17, 15) is 8.42 Å². The van der Waals surface area contributed by atoms with Crippen molar-refractivity contribution in [3.8, 4) is 0 Å². The van der Waals surface area contributed by atoms with Gasteiger partial charge in [0.2, 0.25) is 10.0 Å². The third-order valence-corrected chi connectivity index (χ3v) is 6.64. The molecule has 1 aromatic heterocycles. The number of aryl methyl sites for hydroxylation is 2. The molecule has 6 heteroatoms. The first-order valence-electron chi connectivity index (χ1n) is 9.31. The molecule has 27 heavy (non-hydrogen) atoms. The Bertz CT molecular complexity index is 1110. The molecule has 0 bridgehead atoms. The number of nitrogens with zero attached hydrogens (tertiary/aromatic N) is 2. The first-order chi connectivity index (χ1) is 13.1. The number of para-hydroxylation sites is 2. The zero-order chi connectivity index (χ0) is 18.9. The predicted octanol–water partition coefficient (Wildman–Crippen LogP) is 3.51. The molecular weight excluding hydrogens is 358 g/mol. The normalized spacial score (nSPS) is 14.2. The Kier molecular flexibility index (Phi) is 4.85. The number of nitrogens with one attached hydrogen (secondary N) is 1. The number of benzene rings is 2. The van der Waals surface area contributed by atoms with Crippen LogP contribution >= 0.6 is 0 Å². The first kappa shape index (κ1) is 17.9. The molecule has 0 radical (unpaired) electrons. The summed E-state index contributed by atoms with van der Waals surface area (Å²) in [7, 11) is -3.47. The number of imidazole rings is 1. The second kappa shape index (κ2) is 7.29. The molecular formula is C21H23N3O2S. The zero-order valence-electron chi connectivity index (χ0n) is 15.4. The molecule has 2 aromatic carbocycles. The van der Waals surface area contributed by atoms with Gasteiger partial charge >= 0.3 is 0 Å². The fourth-order valence-electron chi connectivity index (χ4n) is 3.68. The second-order valence-corrected chi connectivity index (χ2v) is 8.54. The van der Waals surface area contributed by atoms with Gasteiger partial charge in [0.25, 0.3) is 0 Å². The summed E-state index contributed by atoms with van der Waals surface area (Å²) >= 11 is 0. The molecule has 0 unspecified atom stereocenters. The van der Waals surface area contributed by atoms with Gasteiger partial charge in [0.1, 0.15) is 5.82 Å². The lowest BCUT2D eigenvalue weighted by molar-refractivity contribution is 0.583. The van der Waals surface area contributed by atoms with Gasteiger partial charge < -0.3 is 4.57 Å². The lowest BCUT2D eigenvalue weighted by Gasteiger charge is -2.17. The van der Waals surface area contributed by atoms with Crippen molar-refractivity contribution < 1.29 is 8.42 Å². The van der Waals surface area contributed by atoms with E-state index in [2.05, 4.69) is 27.3 Å². The number of sulfonamides is 1. The van der Waals surface area contributed by atoms with Crippen molar-refractivity contribution in [2.24, 2.45) is 0 Å². The molecule has 0 saturated carbocycles. The first-order valence-corrected chi connectivity index (χ1v) is 10.8. The van der Waals surface area contributed by atoms with Crippen molar-refractivity contribution in [1.82, 2.24) is 14.3 Å². The van der Waals surface area contributed by atoms with Gasteiger partial charge in [-0.1, -0.05) is 36.4 Å². The van der Waals surface area contributed by atoms with E-state index >= 15 is 0 Å². The number of fused-ring (bicyclic) bond motifs is 2. The summed E-state index contributed by atoms with van der Waals surface area (Å²) in [5.74, 6) is 0.907. The summed E-state index contributed by atoms with van der Waals surface area (Å²) in [5, 5.41) is 0. The summed E-state index contributed by atoms with van der Waals surface area (Å²) in [6, 6.07) is 15.9. The van der Waals surface area contributed by atoms with E-state index in [1.54, 1.807) is 6.08 Å². The van der Waals surface area contributed by atoms with Crippen LogP contribution in [0.2, 0.25) is 0 Å².